The van der Waals surface area contributed by atoms with Crippen LogP contribution in [-0.2, 0) is 6.61 Å². The van der Waals surface area contributed by atoms with Crippen LogP contribution in [0.15, 0.2) is 83.8 Å². The van der Waals surface area contributed by atoms with Gasteiger partial charge in [-0.1, -0.05) is 6.07 Å². The van der Waals surface area contributed by atoms with E-state index >= 15 is 0 Å². The quantitative estimate of drug-likeness (QED) is 0.501. The van der Waals surface area contributed by atoms with Crippen LogP contribution in [0.3, 0.4) is 0 Å². The summed E-state index contributed by atoms with van der Waals surface area (Å²) in [6, 6.07) is 18.8. The highest BCUT2D eigenvalue weighted by atomic mass is 19.1. The fourth-order valence-electron chi connectivity index (χ4n) is 2.80. The normalized spacial score (nSPS) is 10.8. The maximum absolute atomic E-state index is 13.0. The van der Waals surface area contributed by atoms with Crippen LogP contribution in [0.5, 0.6) is 5.75 Å². The lowest BCUT2D eigenvalue weighted by molar-refractivity contribution is 0.103. The molecule has 0 radical (unpaired) electrons. The van der Waals surface area contributed by atoms with Gasteiger partial charge in [0.1, 0.15) is 23.8 Å². The van der Waals surface area contributed by atoms with Gasteiger partial charge < -0.3 is 4.74 Å². The molecule has 2 aromatic carbocycles. The van der Waals surface area contributed by atoms with E-state index in [1.54, 1.807) is 42.6 Å². The number of rotatable bonds is 5. The van der Waals surface area contributed by atoms with Gasteiger partial charge in [-0.2, -0.15) is 0 Å². The summed E-state index contributed by atoms with van der Waals surface area (Å²) >= 11 is 0. The highest BCUT2D eigenvalue weighted by Gasteiger charge is 2.09. The van der Waals surface area contributed by atoms with Gasteiger partial charge in [0.2, 0.25) is 0 Å². The second kappa shape index (κ2) is 7.44. The number of nitrogens with zero attached hydrogens (tertiary/aromatic N) is 2. The van der Waals surface area contributed by atoms with Crippen molar-refractivity contribution in [1.82, 2.24) is 9.38 Å². The molecule has 0 N–H and O–H groups in total. The molecule has 4 aromatic rings. The van der Waals surface area contributed by atoms with Crippen LogP contribution in [-0.4, -0.2) is 15.2 Å². The van der Waals surface area contributed by atoms with E-state index in [-0.39, 0.29) is 23.8 Å². The van der Waals surface area contributed by atoms with Crippen LogP contribution in [0.1, 0.15) is 21.6 Å². The summed E-state index contributed by atoms with van der Waals surface area (Å²) in [6.45, 7) is 0.131. The molecule has 0 spiro atoms. The second-order valence-corrected chi connectivity index (χ2v) is 6.16. The number of hydrogen-bond donors (Lipinski definition) is 0. The van der Waals surface area contributed by atoms with Gasteiger partial charge in [-0.15, -0.1) is 0 Å². The molecule has 0 saturated carbocycles. The molecular formula is C22H15FN2O3. The van der Waals surface area contributed by atoms with Crippen molar-refractivity contribution in [1.29, 1.82) is 0 Å². The Morgan fingerprint density at radius 3 is 2.36 bits per heavy atom. The van der Waals surface area contributed by atoms with E-state index in [0.717, 1.165) is 0 Å². The first-order valence-corrected chi connectivity index (χ1v) is 8.60. The topological polar surface area (TPSA) is 60.7 Å². The van der Waals surface area contributed by atoms with Crippen molar-refractivity contribution in [2.75, 3.05) is 0 Å². The highest BCUT2D eigenvalue weighted by Crippen LogP contribution is 2.17. The monoisotopic (exact) mass is 374 g/mol. The maximum Gasteiger partial charge on any atom is 0.258 e. The van der Waals surface area contributed by atoms with Crippen LogP contribution >= 0.6 is 0 Å². The zero-order valence-corrected chi connectivity index (χ0v) is 14.7. The van der Waals surface area contributed by atoms with Crippen molar-refractivity contribution in [3.63, 3.8) is 0 Å². The van der Waals surface area contributed by atoms with E-state index in [1.165, 1.54) is 34.7 Å². The Kier molecular flexibility index (Phi) is 4.68. The van der Waals surface area contributed by atoms with Crippen molar-refractivity contribution in [3.05, 3.63) is 112 Å². The van der Waals surface area contributed by atoms with Crippen molar-refractivity contribution in [2.24, 2.45) is 0 Å². The van der Waals surface area contributed by atoms with E-state index in [9.17, 15) is 14.0 Å². The highest BCUT2D eigenvalue weighted by molar-refractivity contribution is 6.08. The number of ketones is 1. The third-order valence-corrected chi connectivity index (χ3v) is 4.23. The predicted octanol–water partition coefficient (Wildman–Crippen LogP) is 3.64. The number of hydrogen-bond acceptors (Lipinski definition) is 4. The summed E-state index contributed by atoms with van der Waals surface area (Å²) in [7, 11) is 0. The molecule has 4 rings (SSSR count). The minimum Gasteiger partial charge on any atom is -0.487 e. The Labute approximate surface area is 159 Å². The lowest BCUT2D eigenvalue weighted by atomic mass is 10.0. The number of carbonyl (C=O) groups is 1. The van der Waals surface area contributed by atoms with Crippen molar-refractivity contribution in [3.8, 4) is 5.75 Å². The van der Waals surface area contributed by atoms with Gasteiger partial charge >= 0.3 is 0 Å². The fraction of sp³-hybridized carbons (Fsp3) is 0.0455. The Morgan fingerprint density at radius 2 is 1.64 bits per heavy atom. The molecule has 0 bridgehead atoms. The number of pyridine rings is 1. The largest absolute Gasteiger partial charge is 0.487 e. The van der Waals surface area contributed by atoms with Crippen LogP contribution in [0.25, 0.3) is 5.65 Å². The molecule has 0 amide bonds. The number of halogens is 1. The van der Waals surface area contributed by atoms with Crippen molar-refractivity contribution in [2.45, 2.75) is 6.61 Å². The molecule has 138 valence electrons. The molecule has 5 nitrogen and oxygen atoms in total. The van der Waals surface area contributed by atoms with E-state index in [4.69, 9.17) is 4.74 Å². The van der Waals surface area contributed by atoms with E-state index in [2.05, 4.69) is 4.98 Å². The Bertz CT molecular complexity index is 1200. The molecule has 2 aromatic heterocycles. The lowest BCUT2D eigenvalue weighted by Gasteiger charge is -2.08. The van der Waals surface area contributed by atoms with Crippen LogP contribution in [0, 0.1) is 5.82 Å². The molecule has 0 atom stereocenters. The molecule has 0 aliphatic heterocycles. The summed E-state index contributed by atoms with van der Waals surface area (Å²) < 4.78 is 20.1. The molecular weight excluding hydrogens is 359 g/mol. The van der Waals surface area contributed by atoms with Crippen molar-refractivity contribution < 1.29 is 13.9 Å². The molecule has 0 aliphatic carbocycles. The lowest BCUT2D eigenvalue weighted by Crippen LogP contribution is -2.16. The van der Waals surface area contributed by atoms with Crippen LogP contribution in [0.2, 0.25) is 0 Å². The van der Waals surface area contributed by atoms with Gasteiger partial charge in [-0.05, 0) is 60.7 Å². The first-order chi connectivity index (χ1) is 13.6. The molecule has 28 heavy (non-hydrogen) atoms. The number of fused-ring (bicyclic) bond motifs is 1. The van der Waals surface area contributed by atoms with Crippen LogP contribution < -0.4 is 10.3 Å². The molecule has 2 heterocycles. The van der Waals surface area contributed by atoms with Crippen molar-refractivity contribution >= 4 is 11.4 Å². The third kappa shape index (κ3) is 3.66. The summed E-state index contributed by atoms with van der Waals surface area (Å²) in [4.78, 5) is 28.9. The van der Waals surface area contributed by atoms with Crippen LogP contribution in [0.4, 0.5) is 4.39 Å². The molecule has 0 saturated heterocycles. The van der Waals surface area contributed by atoms with Gasteiger partial charge in [-0.3, -0.25) is 14.0 Å². The van der Waals surface area contributed by atoms with Gasteiger partial charge in [0.15, 0.2) is 5.78 Å². The Hall–Kier alpha value is -3.80. The summed E-state index contributed by atoms with van der Waals surface area (Å²) in [5.41, 5.74) is 1.78. The SMILES string of the molecule is O=C(c1ccc(F)cc1)c1ccc(OCc2cc(=O)n3ccccc3n2)cc1. The maximum atomic E-state index is 13.0. The second-order valence-electron chi connectivity index (χ2n) is 6.16. The van der Waals surface area contributed by atoms with E-state index in [0.29, 0.717) is 28.2 Å². The molecule has 0 fully saturated rings. The number of aromatic nitrogens is 2. The van der Waals surface area contributed by atoms with E-state index in [1.807, 2.05) is 6.07 Å². The zero-order valence-electron chi connectivity index (χ0n) is 14.7. The Morgan fingerprint density at radius 1 is 0.964 bits per heavy atom. The molecule has 6 heteroatoms. The van der Waals surface area contributed by atoms with Gasteiger partial charge in [0.05, 0.1) is 5.69 Å². The van der Waals surface area contributed by atoms with Gasteiger partial charge in [0, 0.05) is 23.4 Å². The van der Waals surface area contributed by atoms with Gasteiger partial charge in [-0.25, -0.2) is 9.37 Å². The first-order valence-electron chi connectivity index (χ1n) is 8.60. The van der Waals surface area contributed by atoms with Gasteiger partial charge in [0.25, 0.3) is 5.56 Å². The standard InChI is InChI=1S/C22H15FN2O3/c23-17-8-4-15(5-9-17)22(27)16-6-10-19(11-7-16)28-14-18-13-21(26)25-12-2-1-3-20(25)24-18/h1-13H,14H2. The molecule has 0 aliphatic rings. The summed E-state index contributed by atoms with van der Waals surface area (Å²) in [5.74, 6) is -0.0382. The predicted molar refractivity (Wildman–Crippen MR) is 102 cm³/mol. The number of benzene rings is 2. The summed E-state index contributed by atoms with van der Waals surface area (Å²) in [5, 5.41) is 0. The average Bonchev–Trinajstić information content (AvgIpc) is 2.73. The van der Waals surface area contributed by atoms with E-state index < -0.39 is 0 Å². The minimum atomic E-state index is -0.387. The first kappa shape index (κ1) is 17.6. The average molecular weight is 374 g/mol. The minimum absolute atomic E-state index is 0.131. The number of ether oxygens (including phenoxy) is 1. The third-order valence-electron chi connectivity index (χ3n) is 4.23. The fourth-order valence-corrected chi connectivity index (χ4v) is 2.80. The number of carbonyl (C=O) groups excluding carboxylic acids is 1. The smallest absolute Gasteiger partial charge is 0.258 e. The molecule has 0 unspecified atom stereocenters. The summed E-state index contributed by atoms with van der Waals surface area (Å²) in [6.07, 6.45) is 1.66. The Balaban J connectivity index is 1.47. The zero-order chi connectivity index (χ0) is 19.5.